The average Bonchev–Trinajstić information content (AvgIpc) is 3.23. The monoisotopic (exact) mass is 276 g/mol. The van der Waals surface area contributed by atoms with Gasteiger partial charge in [-0.15, -0.1) is 0 Å². The zero-order chi connectivity index (χ0) is 13.2. The Morgan fingerprint density at radius 1 is 1.26 bits per heavy atom. The van der Waals surface area contributed by atoms with E-state index >= 15 is 0 Å². The Bertz CT molecular complexity index is 600. The van der Waals surface area contributed by atoms with E-state index in [1.54, 1.807) is 18.2 Å². The molecule has 0 bridgehead atoms. The molecule has 3 rings (SSSR count). The number of benzene rings is 1. The minimum Gasteiger partial charge on any atom is -0.438 e. The maximum absolute atomic E-state index is 9.27. The molecule has 0 aliphatic heterocycles. The molecule has 1 fully saturated rings. The van der Waals surface area contributed by atoms with Crippen LogP contribution in [-0.2, 0) is 6.61 Å². The molecule has 0 amide bonds. The lowest BCUT2D eigenvalue weighted by atomic mass is 10.2. The zero-order valence-corrected chi connectivity index (χ0v) is 11.0. The molecule has 1 aromatic carbocycles. The highest BCUT2D eigenvalue weighted by Crippen LogP contribution is 2.39. The number of halogens is 1. The molecule has 0 unspecified atom stereocenters. The number of rotatable bonds is 4. The van der Waals surface area contributed by atoms with E-state index in [-0.39, 0.29) is 6.61 Å². The van der Waals surface area contributed by atoms with Crippen LogP contribution >= 0.6 is 11.6 Å². The summed E-state index contributed by atoms with van der Waals surface area (Å²) >= 11 is 5.98. The lowest BCUT2D eigenvalue weighted by Crippen LogP contribution is -1.98. The van der Waals surface area contributed by atoms with Crippen molar-refractivity contribution in [1.82, 2.24) is 9.97 Å². The van der Waals surface area contributed by atoms with Crippen molar-refractivity contribution in [2.75, 3.05) is 0 Å². The minimum atomic E-state index is -0.0789. The summed E-state index contributed by atoms with van der Waals surface area (Å²) in [4.78, 5) is 8.57. The fraction of sp³-hybridized carbons (Fsp3) is 0.286. The van der Waals surface area contributed by atoms with E-state index in [2.05, 4.69) is 9.97 Å². The summed E-state index contributed by atoms with van der Waals surface area (Å²) in [5.74, 6) is 2.16. The molecule has 19 heavy (non-hydrogen) atoms. The van der Waals surface area contributed by atoms with Gasteiger partial charge in [-0.3, -0.25) is 0 Å². The van der Waals surface area contributed by atoms with E-state index in [1.165, 1.54) is 0 Å². The molecule has 0 saturated heterocycles. The molecule has 5 heteroatoms. The van der Waals surface area contributed by atoms with Gasteiger partial charge in [0.1, 0.15) is 16.7 Å². The highest BCUT2D eigenvalue weighted by molar-refractivity contribution is 6.29. The summed E-state index contributed by atoms with van der Waals surface area (Å²) in [6.45, 7) is -0.0789. The van der Waals surface area contributed by atoms with E-state index in [4.69, 9.17) is 16.3 Å². The molecule has 0 atom stereocenters. The first-order valence-electron chi connectivity index (χ1n) is 6.17. The molecule has 1 heterocycles. The number of aliphatic hydroxyl groups excluding tert-OH is 1. The van der Waals surface area contributed by atoms with E-state index < -0.39 is 0 Å². The third-order valence-corrected chi connectivity index (χ3v) is 3.18. The highest BCUT2D eigenvalue weighted by atomic mass is 35.5. The molecule has 4 nitrogen and oxygen atoms in total. The van der Waals surface area contributed by atoms with Gasteiger partial charge in [-0.25, -0.2) is 4.98 Å². The number of para-hydroxylation sites is 1. The fourth-order valence-electron chi connectivity index (χ4n) is 1.84. The Labute approximate surface area is 116 Å². The van der Waals surface area contributed by atoms with Crippen molar-refractivity contribution in [3.63, 3.8) is 0 Å². The van der Waals surface area contributed by atoms with Crippen LogP contribution in [0.4, 0.5) is 0 Å². The summed E-state index contributed by atoms with van der Waals surface area (Å²) in [6.07, 6.45) is 2.21. The second-order valence-corrected chi connectivity index (χ2v) is 4.92. The van der Waals surface area contributed by atoms with E-state index in [0.29, 0.717) is 28.3 Å². The van der Waals surface area contributed by atoms with E-state index in [0.717, 1.165) is 18.7 Å². The quantitative estimate of drug-likeness (QED) is 0.871. The SMILES string of the molecule is OCc1ccccc1Oc1cc(Cl)nc(C2CC2)n1. The van der Waals surface area contributed by atoms with Crippen LogP contribution in [-0.4, -0.2) is 15.1 Å². The van der Waals surface area contributed by atoms with Crippen LogP contribution in [0.3, 0.4) is 0 Å². The molecule has 1 saturated carbocycles. The number of hydrogen-bond donors (Lipinski definition) is 1. The fourth-order valence-corrected chi connectivity index (χ4v) is 2.02. The van der Waals surface area contributed by atoms with Gasteiger partial charge in [0.15, 0.2) is 0 Å². The van der Waals surface area contributed by atoms with Gasteiger partial charge in [0.2, 0.25) is 5.88 Å². The van der Waals surface area contributed by atoms with Crippen molar-refractivity contribution in [2.24, 2.45) is 0 Å². The van der Waals surface area contributed by atoms with Crippen molar-refractivity contribution in [2.45, 2.75) is 25.4 Å². The normalized spacial score (nSPS) is 14.4. The number of aliphatic hydroxyl groups is 1. The summed E-state index contributed by atoms with van der Waals surface area (Å²) in [7, 11) is 0. The first kappa shape index (κ1) is 12.4. The molecule has 1 aliphatic rings. The Hall–Kier alpha value is -1.65. The Morgan fingerprint density at radius 3 is 2.79 bits per heavy atom. The Balaban J connectivity index is 1.90. The lowest BCUT2D eigenvalue weighted by Gasteiger charge is -2.09. The van der Waals surface area contributed by atoms with E-state index in [9.17, 15) is 5.11 Å². The molecule has 0 radical (unpaired) electrons. The van der Waals surface area contributed by atoms with Crippen LogP contribution < -0.4 is 4.74 Å². The largest absolute Gasteiger partial charge is 0.438 e. The standard InChI is InChI=1S/C14H13ClN2O2/c15-12-7-13(17-14(16-12)9-5-6-9)19-11-4-2-1-3-10(11)8-18/h1-4,7,9,18H,5-6,8H2. The average molecular weight is 277 g/mol. The highest BCUT2D eigenvalue weighted by Gasteiger charge is 2.27. The zero-order valence-electron chi connectivity index (χ0n) is 10.2. The number of aromatic nitrogens is 2. The van der Waals surface area contributed by atoms with Gasteiger partial charge in [-0.05, 0) is 18.9 Å². The third kappa shape index (κ3) is 2.85. The molecular weight excluding hydrogens is 264 g/mol. The molecular formula is C14H13ClN2O2. The van der Waals surface area contributed by atoms with Gasteiger partial charge in [0, 0.05) is 17.5 Å². The predicted octanol–water partition coefficient (Wildman–Crippen LogP) is 3.29. The van der Waals surface area contributed by atoms with Gasteiger partial charge in [0.05, 0.1) is 6.61 Å². The smallest absolute Gasteiger partial charge is 0.224 e. The molecule has 2 aromatic rings. The number of nitrogens with zero attached hydrogens (tertiary/aromatic N) is 2. The minimum absolute atomic E-state index is 0.0789. The molecule has 1 aliphatic carbocycles. The maximum atomic E-state index is 9.27. The molecule has 98 valence electrons. The first-order valence-corrected chi connectivity index (χ1v) is 6.55. The maximum Gasteiger partial charge on any atom is 0.224 e. The predicted molar refractivity (Wildman–Crippen MR) is 71.5 cm³/mol. The summed E-state index contributed by atoms with van der Waals surface area (Å²) in [5, 5.41) is 9.65. The summed E-state index contributed by atoms with van der Waals surface area (Å²) < 4.78 is 5.70. The summed E-state index contributed by atoms with van der Waals surface area (Å²) in [6, 6.07) is 8.87. The van der Waals surface area contributed by atoms with Crippen LogP contribution in [0.25, 0.3) is 0 Å². The van der Waals surface area contributed by atoms with Crippen molar-refractivity contribution in [3.8, 4) is 11.6 Å². The van der Waals surface area contributed by atoms with Gasteiger partial charge in [0.25, 0.3) is 0 Å². The van der Waals surface area contributed by atoms with Crippen molar-refractivity contribution >= 4 is 11.6 Å². The van der Waals surface area contributed by atoms with Crippen molar-refractivity contribution in [1.29, 1.82) is 0 Å². The van der Waals surface area contributed by atoms with Crippen LogP contribution in [0.15, 0.2) is 30.3 Å². The van der Waals surface area contributed by atoms with Gasteiger partial charge in [-0.1, -0.05) is 29.8 Å². The first-order chi connectivity index (χ1) is 9.26. The second kappa shape index (κ2) is 5.15. The van der Waals surface area contributed by atoms with Gasteiger partial charge >= 0.3 is 0 Å². The van der Waals surface area contributed by atoms with Crippen LogP contribution in [0.1, 0.15) is 30.1 Å². The Morgan fingerprint density at radius 2 is 2.05 bits per heavy atom. The molecule has 1 N–H and O–H groups in total. The van der Waals surface area contributed by atoms with Crippen LogP contribution in [0.5, 0.6) is 11.6 Å². The van der Waals surface area contributed by atoms with Crippen LogP contribution in [0.2, 0.25) is 5.15 Å². The van der Waals surface area contributed by atoms with Crippen molar-refractivity contribution < 1.29 is 9.84 Å². The number of hydrogen-bond acceptors (Lipinski definition) is 4. The number of ether oxygens (including phenoxy) is 1. The lowest BCUT2D eigenvalue weighted by molar-refractivity contribution is 0.276. The molecule has 1 aromatic heterocycles. The summed E-state index contributed by atoms with van der Waals surface area (Å²) in [5.41, 5.74) is 0.713. The third-order valence-electron chi connectivity index (χ3n) is 2.99. The van der Waals surface area contributed by atoms with Crippen LogP contribution in [0, 0.1) is 0 Å². The van der Waals surface area contributed by atoms with E-state index in [1.807, 2.05) is 12.1 Å². The Kier molecular flexibility index (Phi) is 3.36. The van der Waals surface area contributed by atoms with Crippen molar-refractivity contribution in [3.05, 3.63) is 46.9 Å². The topological polar surface area (TPSA) is 55.2 Å². The van der Waals surface area contributed by atoms with Gasteiger partial charge < -0.3 is 9.84 Å². The second-order valence-electron chi connectivity index (χ2n) is 4.53. The van der Waals surface area contributed by atoms with Gasteiger partial charge in [-0.2, -0.15) is 4.98 Å². The molecule has 0 spiro atoms.